The Balaban J connectivity index is 1.97. The third-order valence-corrected chi connectivity index (χ3v) is 3.94. The number of amides is 1. The van der Waals surface area contributed by atoms with Crippen molar-refractivity contribution in [2.45, 2.75) is 26.4 Å². The van der Waals surface area contributed by atoms with Crippen LogP contribution in [0, 0.1) is 0 Å². The number of rotatable bonds is 4. The lowest BCUT2D eigenvalue weighted by molar-refractivity contribution is 0.0684. The maximum Gasteiger partial charge on any atom is 0.270 e. The molecule has 122 valence electrons. The van der Waals surface area contributed by atoms with Gasteiger partial charge in [-0.1, -0.05) is 24.3 Å². The summed E-state index contributed by atoms with van der Waals surface area (Å²) in [4.78, 5) is 33.7. The number of pyridine rings is 2. The summed E-state index contributed by atoms with van der Waals surface area (Å²) in [5.41, 5.74) is 1.00. The molecule has 5 nitrogen and oxygen atoms in total. The predicted molar refractivity (Wildman–Crippen MR) is 93.8 cm³/mol. The number of benzene rings is 1. The van der Waals surface area contributed by atoms with Crippen molar-refractivity contribution in [3.63, 3.8) is 0 Å². The lowest BCUT2D eigenvalue weighted by Gasteiger charge is -2.26. The van der Waals surface area contributed by atoms with Crippen LogP contribution in [0.1, 0.15) is 29.9 Å². The number of H-pyrrole nitrogens is 1. The maximum absolute atomic E-state index is 12.9. The fraction of sp³-hybridized carbons (Fsp3) is 0.211. The first kappa shape index (κ1) is 15.9. The smallest absolute Gasteiger partial charge is 0.270 e. The Kier molecular flexibility index (Phi) is 4.42. The molecule has 2 aromatic heterocycles. The zero-order valence-electron chi connectivity index (χ0n) is 13.7. The number of hydrogen-bond acceptors (Lipinski definition) is 3. The molecule has 0 unspecified atom stereocenters. The van der Waals surface area contributed by atoms with Crippen molar-refractivity contribution in [1.29, 1.82) is 0 Å². The van der Waals surface area contributed by atoms with Crippen molar-refractivity contribution in [3.8, 4) is 0 Å². The van der Waals surface area contributed by atoms with Gasteiger partial charge in [0.25, 0.3) is 11.5 Å². The summed E-state index contributed by atoms with van der Waals surface area (Å²) < 4.78 is 0. The predicted octanol–water partition coefficient (Wildman–Crippen LogP) is 2.97. The van der Waals surface area contributed by atoms with Crippen LogP contribution in [-0.2, 0) is 6.54 Å². The highest BCUT2D eigenvalue weighted by molar-refractivity contribution is 5.96. The molecule has 3 aromatic rings. The largest absolute Gasteiger partial charge is 0.331 e. The van der Waals surface area contributed by atoms with Gasteiger partial charge >= 0.3 is 0 Å². The standard InChI is InChI=1S/C19H19N3O2/c1-13(2)22(12-14-6-5-9-20-11-14)19(24)17-10-15-7-3-4-8-16(15)18(23)21-17/h3-11,13H,12H2,1-2H3,(H,21,23). The average molecular weight is 321 g/mol. The van der Waals surface area contributed by atoms with E-state index in [2.05, 4.69) is 9.97 Å². The van der Waals surface area contributed by atoms with Crippen LogP contribution in [0.25, 0.3) is 10.8 Å². The van der Waals surface area contributed by atoms with Gasteiger partial charge < -0.3 is 9.88 Å². The van der Waals surface area contributed by atoms with Crippen LogP contribution in [-0.4, -0.2) is 26.8 Å². The topological polar surface area (TPSA) is 66.1 Å². The second-order valence-corrected chi connectivity index (χ2v) is 5.99. The van der Waals surface area contributed by atoms with Gasteiger partial charge in [-0.05, 0) is 43.0 Å². The number of aromatic amines is 1. The Bertz CT molecular complexity index is 917. The van der Waals surface area contributed by atoms with Crippen LogP contribution in [0.15, 0.2) is 59.7 Å². The van der Waals surface area contributed by atoms with Crippen LogP contribution in [0.2, 0.25) is 0 Å². The first-order chi connectivity index (χ1) is 11.6. The molecule has 0 atom stereocenters. The second-order valence-electron chi connectivity index (χ2n) is 5.99. The van der Waals surface area contributed by atoms with E-state index < -0.39 is 0 Å². The van der Waals surface area contributed by atoms with Crippen LogP contribution < -0.4 is 5.56 Å². The van der Waals surface area contributed by atoms with E-state index in [9.17, 15) is 9.59 Å². The molecule has 0 aliphatic heterocycles. The van der Waals surface area contributed by atoms with E-state index in [1.54, 1.807) is 29.4 Å². The van der Waals surface area contributed by atoms with Crippen molar-refractivity contribution in [3.05, 3.63) is 76.5 Å². The van der Waals surface area contributed by atoms with Gasteiger partial charge in [0.15, 0.2) is 0 Å². The molecular formula is C19H19N3O2. The highest BCUT2D eigenvalue weighted by Gasteiger charge is 2.20. The fourth-order valence-corrected chi connectivity index (χ4v) is 2.66. The minimum absolute atomic E-state index is 0.00678. The van der Waals surface area contributed by atoms with Gasteiger partial charge in [0.1, 0.15) is 5.69 Å². The summed E-state index contributed by atoms with van der Waals surface area (Å²) >= 11 is 0. The number of fused-ring (bicyclic) bond motifs is 1. The number of nitrogens with one attached hydrogen (secondary N) is 1. The fourth-order valence-electron chi connectivity index (χ4n) is 2.66. The van der Waals surface area contributed by atoms with Gasteiger partial charge in [-0.2, -0.15) is 0 Å². The van der Waals surface area contributed by atoms with E-state index >= 15 is 0 Å². The third kappa shape index (κ3) is 3.20. The molecule has 24 heavy (non-hydrogen) atoms. The van der Waals surface area contributed by atoms with Crippen LogP contribution >= 0.6 is 0 Å². The molecule has 0 fully saturated rings. The third-order valence-electron chi connectivity index (χ3n) is 3.94. The van der Waals surface area contributed by atoms with E-state index in [1.807, 2.05) is 44.2 Å². The molecule has 0 saturated heterocycles. The van der Waals surface area contributed by atoms with Crippen molar-refractivity contribution in [1.82, 2.24) is 14.9 Å². The first-order valence-corrected chi connectivity index (χ1v) is 7.88. The van der Waals surface area contributed by atoms with Crippen LogP contribution in [0.4, 0.5) is 0 Å². The minimum atomic E-state index is -0.249. The Morgan fingerprint density at radius 3 is 2.71 bits per heavy atom. The minimum Gasteiger partial charge on any atom is -0.331 e. The van der Waals surface area contributed by atoms with Gasteiger partial charge in [-0.3, -0.25) is 14.6 Å². The molecule has 1 amide bonds. The summed E-state index contributed by atoms with van der Waals surface area (Å²) in [6.07, 6.45) is 3.44. The zero-order valence-corrected chi connectivity index (χ0v) is 13.7. The molecule has 1 N–H and O–H groups in total. The average Bonchev–Trinajstić information content (AvgIpc) is 2.60. The summed E-state index contributed by atoms with van der Waals surface area (Å²) in [7, 11) is 0. The van der Waals surface area contributed by atoms with E-state index in [-0.39, 0.29) is 17.5 Å². The highest BCUT2D eigenvalue weighted by Crippen LogP contribution is 2.15. The van der Waals surface area contributed by atoms with E-state index in [1.165, 1.54) is 0 Å². The zero-order chi connectivity index (χ0) is 17.1. The Morgan fingerprint density at radius 2 is 2.00 bits per heavy atom. The van der Waals surface area contributed by atoms with Gasteiger partial charge in [0.05, 0.1) is 0 Å². The Morgan fingerprint density at radius 1 is 1.21 bits per heavy atom. The molecule has 0 aliphatic rings. The highest BCUT2D eigenvalue weighted by atomic mass is 16.2. The lowest BCUT2D eigenvalue weighted by atomic mass is 10.1. The second kappa shape index (κ2) is 6.66. The number of nitrogens with zero attached hydrogens (tertiary/aromatic N) is 2. The molecular weight excluding hydrogens is 302 g/mol. The van der Waals surface area contributed by atoms with Crippen molar-refractivity contribution in [2.75, 3.05) is 0 Å². The molecule has 1 aromatic carbocycles. The van der Waals surface area contributed by atoms with Crippen molar-refractivity contribution in [2.24, 2.45) is 0 Å². The number of carbonyl (C=O) groups excluding carboxylic acids is 1. The summed E-state index contributed by atoms with van der Waals surface area (Å²) in [5, 5.41) is 1.34. The maximum atomic E-state index is 12.9. The Labute approximate surface area is 140 Å². The van der Waals surface area contributed by atoms with E-state index in [0.29, 0.717) is 17.6 Å². The molecule has 0 radical (unpaired) electrons. The summed E-state index contributed by atoms with van der Waals surface area (Å²) in [5.74, 6) is -0.197. The first-order valence-electron chi connectivity index (χ1n) is 7.88. The molecule has 0 spiro atoms. The monoisotopic (exact) mass is 321 g/mol. The Hall–Kier alpha value is -2.95. The molecule has 2 heterocycles. The molecule has 0 saturated carbocycles. The quantitative estimate of drug-likeness (QED) is 0.803. The van der Waals surface area contributed by atoms with E-state index in [4.69, 9.17) is 0 Å². The summed E-state index contributed by atoms with van der Waals surface area (Å²) in [6, 6.07) is 12.7. The lowest BCUT2D eigenvalue weighted by Crippen LogP contribution is -2.37. The summed E-state index contributed by atoms with van der Waals surface area (Å²) in [6.45, 7) is 4.35. The van der Waals surface area contributed by atoms with Gasteiger partial charge in [0.2, 0.25) is 0 Å². The van der Waals surface area contributed by atoms with Crippen molar-refractivity contribution >= 4 is 16.7 Å². The molecule has 0 aliphatic carbocycles. The van der Waals surface area contributed by atoms with Gasteiger partial charge in [-0.25, -0.2) is 0 Å². The van der Waals surface area contributed by atoms with E-state index in [0.717, 1.165) is 10.9 Å². The van der Waals surface area contributed by atoms with Gasteiger partial charge in [-0.15, -0.1) is 0 Å². The number of carbonyl (C=O) groups is 1. The number of hydrogen-bond donors (Lipinski definition) is 1. The van der Waals surface area contributed by atoms with Crippen LogP contribution in [0.3, 0.4) is 0 Å². The van der Waals surface area contributed by atoms with Crippen LogP contribution in [0.5, 0.6) is 0 Å². The van der Waals surface area contributed by atoms with Gasteiger partial charge in [0, 0.05) is 30.4 Å². The van der Waals surface area contributed by atoms with Crippen molar-refractivity contribution < 1.29 is 4.79 Å². The number of aromatic nitrogens is 2. The SMILES string of the molecule is CC(C)N(Cc1cccnc1)C(=O)c1cc2ccccc2c(=O)[nH]1. The molecule has 3 rings (SSSR count). The molecule has 5 heteroatoms. The normalized spacial score (nSPS) is 11.0. The molecule has 0 bridgehead atoms.